The minimum atomic E-state index is 0.227. The van der Waals surface area contributed by atoms with Crippen molar-refractivity contribution in [2.45, 2.75) is 25.8 Å². The Morgan fingerprint density at radius 3 is 2.68 bits per heavy atom. The predicted molar refractivity (Wildman–Crippen MR) is 109 cm³/mol. The molecule has 0 spiro atoms. The number of carbonyl (C=O) groups is 1. The van der Waals surface area contributed by atoms with Crippen molar-refractivity contribution in [1.29, 1.82) is 0 Å². The molecule has 4 rings (SSSR count). The van der Waals surface area contributed by atoms with Crippen molar-refractivity contribution in [3.05, 3.63) is 59.2 Å². The zero-order valence-corrected chi connectivity index (χ0v) is 16.5. The van der Waals surface area contributed by atoms with E-state index in [4.69, 9.17) is 9.47 Å². The molecule has 1 amide bonds. The number of rotatable bonds is 5. The van der Waals surface area contributed by atoms with Crippen molar-refractivity contribution in [1.82, 2.24) is 9.80 Å². The second kappa shape index (κ2) is 8.65. The van der Waals surface area contributed by atoms with Gasteiger partial charge in [-0.05, 0) is 41.3 Å². The van der Waals surface area contributed by atoms with E-state index in [0.717, 1.165) is 69.2 Å². The molecular weight excluding hydrogens is 352 g/mol. The predicted octanol–water partition coefficient (Wildman–Crippen LogP) is 2.91. The van der Waals surface area contributed by atoms with Crippen LogP contribution in [0.5, 0.6) is 11.5 Å². The van der Waals surface area contributed by atoms with Crippen LogP contribution in [0.3, 0.4) is 0 Å². The Morgan fingerprint density at radius 1 is 1.04 bits per heavy atom. The molecule has 0 radical (unpaired) electrons. The van der Waals surface area contributed by atoms with Crippen LogP contribution in [-0.2, 0) is 24.2 Å². The Labute approximate surface area is 166 Å². The second-order valence-electron chi connectivity index (χ2n) is 7.58. The molecule has 148 valence electrons. The van der Waals surface area contributed by atoms with E-state index in [-0.39, 0.29) is 5.91 Å². The van der Waals surface area contributed by atoms with Crippen LogP contribution in [-0.4, -0.2) is 55.6 Å². The molecule has 1 saturated heterocycles. The molecule has 0 saturated carbocycles. The molecule has 0 atom stereocenters. The summed E-state index contributed by atoms with van der Waals surface area (Å²) in [6.07, 6.45) is 2.44. The maximum absolute atomic E-state index is 12.8. The van der Waals surface area contributed by atoms with Crippen LogP contribution in [0.25, 0.3) is 0 Å². The van der Waals surface area contributed by atoms with E-state index < -0.39 is 0 Å². The normalized spacial score (nSPS) is 17.0. The van der Waals surface area contributed by atoms with Crippen molar-refractivity contribution in [2.75, 3.05) is 39.9 Å². The van der Waals surface area contributed by atoms with Crippen molar-refractivity contribution in [3.63, 3.8) is 0 Å². The van der Waals surface area contributed by atoms with Crippen LogP contribution in [0.1, 0.15) is 23.1 Å². The van der Waals surface area contributed by atoms with Gasteiger partial charge in [0.15, 0.2) is 0 Å². The fourth-order valence-corrected chi connectivity index (χ4v) is 4.00. The summed E-state index contributed by atoms with van der Waals surface area (Å²) >= 11 is 0. The monoisotopic (exact) mass is 380 g/mol. The molecule has 2 aromatic carbocycles. The van der Waals surface area contributed by atoms with Gasteiger partial charge in [0.1, 0.15) is 11.5 Å². The highest BCUT2D eigenvalue weighted by Gasteiger charge is 2.20. The molecule has 0 N–H and O–H groups in total. The molecule has 0 bridgehead atoms. The summed E-state index contributed by atoms with van der Waals surface area (Å²) in [7, 11) is 1.69. The Kier molecular flexibility index (Phi) is 5.81. The lowest BCUT2D eigenvalue weighted by Gasteiger charge is -2.22. The van der Waals surface area contributed by atoms with E-state index in [9.17, 15) is 4.79 Å². The van der Waals surface area contributed by atoms with Crippen LogP contribution in [0.4, 0.5) is 0 Å². The molecular formula is C23H28N2O3. The number of nitrogens with zero attached hydrogens (tertiary/aromatic N) is 2. The summed E-state index contributed by atoms with van der Waals surface area (Å²) in [4.78, 5) is 17.3. The van der Waals surface area contributed by atoms with Gasteiger partial charge in [-0.3, -0.25) is 9.69 Å². The smallest absolute Gasteiger partial charge is 0.227 e. The zero-order valence-electron chi connectivity index (χ0n) is 16.5. The Hall–Kier alpha value is -2.53. The molecule has 5 heteroatoms. The first-order valence-electron chi connectivity index (χ1n) is 10.1. The average Bonchev–Trinajstić information content (AvgIpc) is 3.06. The largest absolute Gasteiger partial charge is 0.497 e. The highest BCUT2D eigenvalue weighted by atomic mass is 16.5. The maximum Gasteiger partial charge on any atom is 0.227 e. The molecule has 28 heavy (non-hydrogen) atoms. The van der Waals surface area contributed by atoms with Crippen LogP contribution in [0.15, 0.2) is 42.5 Å². The number of benzene rings is 2. The first kappa shape index (κ1) is 18.8. The number of carbonyl (C=O) groups excluding carboxylic acids is 1. The SMILES string of the molecule is COc1ccc(CN2CCCN(C(=O)Cc3ccc4c(c3)CCO4)CC2)cc1. The highest BCUT2D eigenvalue weighted by molar-refractivity contribution is 5.79. The van der Waals surface area contributed by atoms with Gasteiger partial charge >= 0.3 is 0 Å². The minimum Gasteiger partial charge on any atom is -0.497 e. The van der Waals surface area contributed by atoms with Crippen LogP contribution in [0, 0.1) is 0 Å². The van der Waals surface area contributed by atoms with Crippen LogP contribution < -0.4 is 9.47 Å². The summed E-state index contributed by atoms with van der Waals surface area (Å²) in [5.41, 5.74) is 3.60. The number of hydrogen-bond donors (Lipinski definition) is 0. The van der Waals surface area contributed by atoms with Gasteiger partial charge in [0.2, 0.25) is 5.91 Å². The third-order valence-corrected chi connectivity index (χ3v) is 5.62. The van der Waals surface area contributed by atoms with Gasteiger partial charge in [-0.1, -0.05) is 24.3 Å². The third kappa shape index (κ3) is 4.47. The van der Waals surface area contributed by atoms with E-state index in [1.54, 1.807) is 7.11 Å². The molecule has 0 aliphatic carbocycles. The zero-order chi connectivity index (χ0) is 19.3. The first-order valence-corrected chi connectivity index (χ1v) is 10.1. The quantitative estimate of drug-likeness (QED) is 0.800. The van der Waals surface area contributed by atoms with Crippen molar-refractivity contribution >= 4 is 5.91 Å². The number of hydrogen-bond acceptors (Lipinski definition) is 4. The van der Waals surface area contributed by atoms with Crippen molar-refractivity contribution < 1.29 is 14.3 Å². The lowest BCUT2D eigenvalue weighted by molar-refractivity contribution is -0.130. The molecule has 2 heterocycles. The van der Waals surface area contributed by atoms with Gasteiger partial charge < -0.3 is 14.4 Å². The average molecular weight is 380 g/mol. The van der Waals surface area contributed by atoms with E-state index in [1.807, 2.05) is 29.2 Å². The summed E-state index contributed by atoms with van der Waals surface area (Å²) in [5, 5.41) is 0. The Morgan fingerprint density at radius 2 is 1.86 bits per heavy atom. The molecule has 2 aliphatic rings. The van der Waals surface area contributed by atoms with Crippen LogP contribution >= 0.6 is 0 Å². The van der Waals surface area contributed by atoms with Crippen LogP contribution in [0.2, 0.25) is 0 Å². The molecule has 1 fully saturated rings. The molecule has 0 aromatic heterocycles. The van der Waals surface area contributed by atoms with Gasteiger partial charge in [-0.25, -0.2) is 0 Å². The Balaban J connectivity index is 1.31. The number of amides is 1. The number of fused-ring (bicyclic) bond motifs is 1. The summed E-state index contributed by atoms with van der Waals surface area (Å²) in [5.74, 6) is 2.08. The van der Waals surface area contributed by atoms with Gasteiger partial charge in [-0.15, -0.1) is 0 Å². The third-order valence-electron chi connectivity index (χ3n) is 5.62. The maximum atomic E-state index is 12.8. The van der Waals surface area contributed by atoms with E-state index >= 15 is 0 Å². The fraction of sp³-hybridized carbons (Fsp3) is 0.435. The van der Waals surface area contributed by atoms with Gasteiger partial charge in [0, 0.05) is 39.1 Å². The summed E-state index contributed by atoms with van der Waals surface area (Å²) < 4.78 is 10.8. The van der Waals surface area contributed by atoms with E-state index in [2.05, 4.69) is 23.1 Å². The molecule has 2 aliphatic heterocycles. The molecule has 0 unspecified atom stereocenters. The van der Waals surface area contributed by atoms with Crippen molar-refractivity contribution in [2.24, 2.45) is 0 Å². The van der Waals surface area contributed by atoms with Gasteiger partial charge in [-0.2, -0.15) is 0 Å². The summed E-state index contributed by atoms with van der Waals surface area (Å²) in [6.45, 7) is 5.23. The van der Waals surface area contributed by atoms with E-state index in [1.165, 1.54) is 11.1 Å². The fourth-order valence-electron chi connectivity index (χ4n) is 4.00. The molecule has 5 nitrogen and oxygen atoms in total. The summed E-state index contributed by atoms with van der Waals surface area (Å²) in [6, 6.07) is 14.4. The lowest BCUT2D eigenvalue weighted by Crippen LogP contribution is -2.36. The first-order chi connectivity index (χ1) is 13.7. The Bertz CT molecular complexity index is 819. The highest BCUT2D eigenvalue weighted by Crippen LogP contribution is 2.26. The second-order valence-corrected chi connectivity index (χ2v) is 7.58. The molecule has 2 aromatic rings. The number of methoxy groups -OCH3 is 1. The number of ether oxygens (including phenoxy) is 2. The topological polar surface area (TPSA) is 42.0 Å². The minimum absolute atomic E-state index is 0.227. The van der Waals surface area contributed by atoms with Gasteiger partial charge in [0.05, 0.1) is 20.1 Å². The standard InChI is InChI=1S/C23H28N2O3/c1-27-21-6-3-18(4-7-21)17-24-10-2-11-25(13-12-24)23(26)16-19-5-8-22-20(15-19)9-14-28-22/h3-8,15H,2,9-14,16-17H2,1H3. The lowest BCUT2D eigenvalue weighted by atomic mass is 10.1. The van der Waals surface area contributed by atoms with E-state index in [0.29, 0.717) is 6.42 Å². The van der Waals surface area contributed by atoms with Crippen molar-refractivity contribution in [3.8, 4) is 11.5 Å². The van der Waals surface area contributed by atoms with Gasteiger partial charge in [0.25, 0.3) is 0 Å².